The fraction of sp³-hybridized carbons (Fsp3) is 0.211. The maximum Gasteiger partial charge on any atom is 0.251 e. The zero-order chi connectivity index (χ0) is 16.9. The first-order valence-electron chi connectivity index (χ1n) is 7.85. The number of hydrogen-bond donors (Lipinski definition) is 2. The van der Waals surface area contributed by atoms with E-state index in [-0.39, 0.29) is 5.91 Å². The Hall–Kier alpha value is -2.37. The summed E-state index contributed by atoms with van der Waals surface area (Å²) in [6, 6.07) is 13.4. The molecule has 124 valence electrons. The number of rotatable bonds is 6. The molecule has 2 heterocycles. The molecule has 2 N–H and O–H groups in total. The van der Waals surface area contributed by atoms with Crippen molar-refractivity contribution < 1.29 is 9.90 Å². The second-order valence-corrected chi connectivity index (χ2v) is 6.47. The molecule has 3 aromatic rings. The van der Waals surface area contributed by atoms with Crippen molar-refractivity contribution in [3.63, 3.8) is 0 Å². The van der Waals surface area contributed by atoms with Crippen LogP contribution in [0.2, 0.25) is 0 Å². The summed E-state index contributed by atoms with van der Waals surface area (Å²) in [7, 11) is 1.90. The summed E-state index contributed by atoms with van der Waals surface area (Å²) in [5, 5.41) is 17.1. The number of amides is 1. The van der Waals surface area contributed by atoms with Gasteiger partial charge >= 0.3 is 0 Å². The number of aryl methyl sites for hydroxylation is 1. The predicted octanol–water partition coefficient (Wildman–Crippen LogP) is 3.61. The van der Waals surface area contributed by atoms with Gasteiger partial charge in [0.15, 0.2) is 0 Å². The van der Waals surface area contributed by atoms with E-state index in [9.17, 15) is 9.90 Å². The van der Waals surface area contributed by atoms with E-state index in [1.807, 2.05) is 59.6 Å². The van der Waals surface area contributed by atoms with Crippen molar-refractivity contribution in [2.24, 2.45) is 7.05 Å². The standard InChI is InChI=1S/C19H20N2O2S/c1-21-11-2-3-17(21)18(22)8-10-20-19(23)15-6-4-14(5-7-15)16-9-12-24-13-16/h2-7,9,11-13,18,22H,8,10H2,1H3,(H,20,23). The van der Waals surface area contributed by atoms with E-state index >= 15 is 0 Å². The molecule has 0 bridgehead atoms. The number of nitrogens with zero attached hydrogens (tertiary/aromatic N) is 1. The molecule has 24 heavy (non-hydrogen) atoms. The predicted molar refractivity (Wildman–Crippen MR) is 97.1 cm³/mol. The van der Waals surface area contributed by atoms with Crippen LogP contribution in [0.1, 0.15) is 28.6 Å². The molecule has 0 radical (unpaired) electrons. The van der Waals surface area contributed by atoms with E-state index in [1.165, 1.54) is 0 Å². The van der Waals surface area contributed by atoms with E-state index in [4.69, 9.17) is 0 Å². The fourth-order valence-corrected chi connectivity index (χ4v) is 3.30. The number of aromatic nitrogens is 1. The third-order valence-corrected chi connectivity index (χ3v) is 4.71. The summed E-state index contributed by atoms with van der Waals surface area (Å²) >= 11 is 1.65. The van der Waals surface area contributed by atoms with E-state index in [2.05, 4.69) is 16.8 Å². The first kappa shape index (κ1) is 16.5. The van der Waals surface area contributed by atoms with Crippen LogP contribution in [0.5, 0.6) is 0 Å². The molecule has 2 aromatic heterocycles. The first-order valence-corrected chi connectivity index (χ1v) is 8.79. The van der Waals surface area contributed by atoms with Gasteiger partial charge in [0, 0.05) is 31.0 Å². The van der Waals surface area contributed by atoms with Crippen molar-refractivity contribution in [2.75, 3.05) is 6.54 Å². The molecule has 3 rings (SSSR count). The lowest BCUT2D eigenvalue weighted by Gasteiger charge is -2.12. The van der Waals surface area contributed by atoms with Gasteiger partial charge in [-0.1, -0.05) is 12.1 Å². The summed E-state index contributed by atoms with van der Waals surface area (Å²) < 4.78 is 1.88. The van der Waals surface area contributed by atoms with Gasteiger partial charge < -0.3 is 15.0 Å². The highest BCUT2D eigenvalue weighted by molar-refractivity contribution is 7.08. The molecule has 0 aliphatic heterocycles. The van der Waals surface area contributed by atoms with Crippen LogP contribution in [0.4, 0.5) is 0 Å². The Kier molecular flexibility index (Phi) is 5.13. The molecule has 4 nitrogen and oxygen atoms in total. The van der Waals surface area contributed by atoms with Crippen LogP contribution in [0.15, 0.2) is 59.4 Å². The topological polar surface area (TPSA) is 54.3 Å². The lowest BCUT2D eigenvalue weighted by atomic mass is 10.1. The van der Waals surface area contributed by atoms with Gasteiger partial charge in [-0.2, -0.15) is 11.3 Å². The van der Waals surface area contributed by atoms with Gasteiger partial charge in [-0.3, -0.25) is 4.79 Å². The molecule has 0 fully saturated rings. The average Bonchev–Trinajstić information content (AvgIpc) is 3.26. The van der Waals surface area contributed by atoms with Crippen LogP contribution in [0.25, 0.3) is 11.1 Å². The Morgan fingerprint density at radius 2 is 2.00 bits per heavy atom. The Morgan fingerprint density at radius 1 is 1.21 bits per heavy atom. The van der Waals surface area contributed by atoms with Gasteiger partial charge in [0.2, 0.25) is 0 Å². The summed E-state index contributed by atoms with van der Waals surface area (Å²) in [5.74, 6) is -0.119. The third kappa shape index (κ3) is 3.75. The molecule has 0 aliphatic rings. The summed E-state index contributed by atoms with van der Waals surface area (Å²) in [5.41, 5.74) is 3.75. The normalized spacial score (nSPS) is 12.1. The molecule has 0 saturated heterocycles. The van der Waals surface area contributed by atoms with Crippen molar-refractivity contribution in [2.45, 2.75) is 12.5 Å². The molecule has 1 atom stereocenters. The number of aliphatic hydroxyl groups excluding tert-OH is 1. The minimum Gasteiger partial charge on any atom is -0.387 e. The maximum atomic E-state index is 12.2. The third-order valence-electron chi connectivity index (χ3n) is 4.03. The molecule has 5 heteroatoms. The Morgan fingerprint density at radius 3 is 2.62 bits per heavy atom. The van der Waals surface area contributed by atoms with Gasteiger partial charge in [-0.25, -0.2) is 0 Å². The number of thiophene rings is 1. The van der Waals surface area contributed by atoms with Crippen molar-refractivity contribution in [3.8, 4) is 11.1 Å². The number of carbonyl (C=O) groups is 1. The zero-order valence-corrected chi connectivity index (χ0v) is 14.3. The highest BCUT2D eigenvalue weighted by atomic mass is 32.1. The summed E-state index contributed by atoms with van der Waals surface area (Å²) in [4.78, 5) is 12.2. The second-order valence-electron chi connectivity index (χ2n) is 5.69. The van der Waals surface area contributed by atoms with E-state index in [0.717, 1.165) is 16.8 Å². The van der Waals surface area contributed by atoms with Gasteiger partial charge in [-0.05, 0) is 58.6 Å². The Balaban J connectivity index is 1.53. The monoisotopic (exact) mass is 340 g/mol. The quantitative estimate of drug-likeness (QED) is 0.720. The number of carbonyl (C=O) groups excluding carboxylic acids is 1. The Labute approximate surface area is 145 Å². The molecule has 0 aliphatic carbocycles. The van der Waals surface area contributed by atoms with Crippen LogP contribution in [-0.2, 0) is 7.05 Å². The largest absolute Gasteiger partial charge is 0.387 e. The van der Waals surface area contributed by atoms with E-state index in [1.54, 1.807) is 11.3 Å². The molecular weight excluding hydrogens is 320 g/mol. The molecule has 1 amide bonds. The maximum absolute atomic E-state index is 12.2. The van der Waals surface area contributed by atoms with Crippen LogP contribution < -0.4 is 5.32 Å². The summed E-state index contributed by atoms with van der Waals surface area (Å²) in [6.07, 6.45) is 1.80. The van der Waals surface area contributed by atoms with Crippen molar-refractivity contribution in [1.82, 2.24) is 9.88 Å². The molecule has 0 spiro atoms. The van der Waals surface area contributed by atoms with Crippen LogP contribution in [-0.4, -0.2) is 22.1 Å². The van der Waals surface area contributed by atoms with E-state index in [0.29, 0.717) is 18.5 Å². The minimum absolute atomic E-state index is 0.119. The minimum atomic E-state index is -0.578. The molecule has 1 aromatic carbocycles. The molecule has 1 unspecified atom stereocenters. The van der Waals surface area contributed by atoms with Crippen LogP contribution in [0, 0.1) is 0 Å². The zero-order valence-electron chi connectivity index (χ0n) is 13.5. The average molecular weight is 340 g/mol. The number of aliphatic hydroxyl groups is 1. The summed E-state index contributed by atoms with van der Waals surface area (Å²) in [6.45, 7) is 0.428. The number of nitrogens with one attached hydrogen (secondary N) is 1. The van der Waals surface area contributed by atoms with Gasteiger partial charge in [0.05, 0.1) is 6.10 Å². The lowest BCUT2D eigenvalue weighted by Crippen LogP contribution is -2.25. The van der Waals surface area contributed by atoms with Gasteiger partial charge in [0.1, 0.15) is 0 Å². The van der Waals surface area contributed by atoms with Crippen molar-refractivity contribution in [1.29, 1.82) is 0 Å². The molecular formula is C19H20N2O2S. The highest BCUT2D eigenvalue weighted by Crippen LogP contribution is 2.22. The Bertz CT molecular complexity index is 791. The van der Waals surface area contributed by atoms with Crippen molar-refractivity contribution in [3.05, 3.63) is 70.7 Å². The van der Waals surface area contributed by atoms with Gasteiger partial charge in [-0.15, -0.1) is 0 Å². The molecule has 0 saturated carbocycles. The van der Waals surface area contributed by atoms with Crippen molar-refractivity contribution >= 4 is 17.2 Å². The lowest BCUT2D eigenvalue weighted by molar-refractivity contribution is 0.0941. The van der Waals surface area contributed by atoms with E-state index < -0.39 is 6.10 Å². The second kappa shape index (κ2) is 7.47. The smallest absolute Gasteiger partial charge is 0.251 e. The number of hydrogen-bond acceptors (Lipinski definition) is 3. The SMILES string of the molecule is Cn1cccc1C(O)CCNC(=O)c1ccc(-c2ccsc2)cc1. The highest BCUT2D eigenvalue weighted by Gasteiger charge is 2.11. The van der Waals surface area contributed by atoms with Gasteiger partial charge in [0.25, 0.3) is 5.91 Å². The van der Waals surface area contributed by atoms with Crippen LogP contribution in [0.3, 0.4) is 0 Å². The number of benzene rings is 1. The first-order chi connectivity index (χ1) is 11.6. The fourth-order valence-electron chi connectivity index (χ4n) is 2.64. The van der Waals surface area contributed by atoms with Crippen LogP contribution >= 0.6 is 11.3 Å².